The van der Waals surface area contributed by atoms with Crippen molar-refractivity contribution < 1.29 is 27.8 Å². The molecule has 4 rings (SSSR count). The average Bonchev–Trinajstić information content (AvgIpc) is 3.05. The van der Waals surface area contributed by atoms with Crippen LogP contribution < -0.4 is 20.7 Å². The van der Waals surface area contributed by atoms with Gasteiger partial charge >= 0.3 is 0 Å². The number of aldehydes is 1. The third-order valence-corrected chi connectivity index (χ3v) is 5.20. The van der Waals surface area contributed by atoms with E-state index in [4.69, 9.17) is 15.2 Å². The smallest absolute Gasteiger partial charge is 0.256 e. The van der Waals surface area contributed by atoms with Crippen LogP contribution in [0.5, 0.6) is 5.75 Å². The van der Waals surface area contributed by atoms with E-state index in [1.807, 2.05) is 0 Å². The Morgan fingerprint density at radius 1 is 1.42 bits per heavy atom. The van der Waals surface area contributed by atoms with Gasteiger partial charge in [-0.1, -0.05) is 0 Å². The van der Waals surface area contributed by atoms with Gasteiger partial charge in [0.05, 0.1) is 43.8 Å². The van der Waals surface area contributed by atoms with E-state index in [2.05, 4.69) is 10.3 Å². The third-order valence-electron chi connectivity index (χ3n) is 5.20. The first-order chi connectivity index (χ1) is 15.0. The summed E-state index contributed by atoms with van der Waals surface area (Å²) in [6, 6.07) is 4.73. The number of nitrogens with zero attached hydrogens (tertiary/aromatic N) is 3. The molecule has 1 fully saturated rings. The van der Waals surface area contributed by atoms with E-state index in [-0.39, 0.29) is 25.6 Å². The number of nitrogens with one attached hydrogen (secondary N) is 1. The summed E-state index contributed by atoms with van der Waals surface area (Å²) in [5.41, 5.74) is 6.86. The molecule has 3 heterocycles. The summed E-state index contributed by atoms with van der Waals surface area (Å²) in [6.45, 7) is 0.626. The maximum absolute atomic E-state index is 13.2. The number of ether oxygens (including phenoxy) is 2. The lowest BCUT2D eigenvalue weighted by atomic mass is 10.1. The predicted molar refractivity (Wildman–Crippen MR) is 108 cm³/mol. The van der Waals surface area contributed by atoms with E-state index in [0.717, 1.165) is 11.2 Å². The second kappa shape index (κ2) is 8.98. The number of imidazole rings is 1. The SMILES string of the molecule is NC[C@@H](C=O)Nc1ccc2c(c1)OCCn1cc(N(CC(F)F)C(=O)C3COC3)nc1-2. The summed E-state index contributed by atoms with van der Waals surface area (Å²) in [6.07, 6.45) is -0.367. The lowest BCUT2D eigenvalue weighted by Gasteiger charge is -2.30. The molecule has 1 aromatic carbocycles. The number of fused-ring (bicyclic) bond motifs is 3. The molecule has 2 aromatic rings. The molecule has 1 aromatic heterocycles. The summed E-state index contributed by atoms with van der Waals surface area (Å²) in [7, 11) is 0. The summed E-state index contributed by atoms with van der Waals surface area (Å²) in [5.74, 6) is 0.361. The van der Waals surface area contributed by atoms with Crippen molar-refractivity contribution in [3.63, 3.8) is 0 Å². The molecular formula is C20H23F2N5O4. The largest absolute Gasteiger partial charge is 0.491 e. The van der Waals surface area contributed by atoms with E-state index in [9.17, 15) is 18.4 Å². The van der Waals surface area contributed by atoms with Gasteiger partial charge in [-0.15, -0.1) is 0 Å². The number of carbonyl (C=O) groups excluding carboxylic acids is 2. The number of aromatic nitrogens is 2. The summed E-state index contributed by atoms with van der Waals surface area (Å²) < 4.78 is 39.0. The molecule has 1 amide bonds. The molecule has 1 saturated heterocycles. The fraction of sp³-hybridized carbons (Fsp3) is 0.450. The minimum atomic E-state index is -2.69. The summed E-state index contributed by atoms with van der Waals surface area (Å²) >= 11 is 0. The average molecular weight is 435 g/mol. The maximum Gasteiger partial charge on any atom is 0.256 e. The Morgan fingerprint density at radius 3 is 2.87 bits per heavy atom. The van der Waals surface area contributed by atoms with Gasteiger partial charge in [-0.2, -0.15) is 0 Å². The number of anilines is 2. The lowest BCUT2D eigenvalue weighted by Crippen LogP contribution is -2.46. The van der Waals surface area contributed by atoms with Crippen LogP contribution >= 0.6 is 0 Å². The van der Waals surface area contributed by atoms with Crippen LogP contribution in [0.3, 0.4) is 0 Å². The lowest BCUT2D eigenvalue weighted by molar-refractivity contribution is -0.136. The Kier molecular flexibility index (Phi) is 6.14. The highest BCUT2D eigenvalue weighted by Gasteiger charge is 2.34. The quantitative estimate of drug-likeness (QED) is 0.598. The zero-order valence-corrected chi connectivity index (χ0v) is 16.7. The van der Waals surface area contributed by atoms with Crippen LogP contribution in [-0.4, -0.2) is 67.1 Å². The van der Waals surface area contributed by atoms with Crippen LogP contribution in [0.2, 0.25) is 0 Å². The van der Waals surface area contributed by atoms with Crippen LogP contribution in [0.25, 0.3) is 11.4 Å². The first kappa shape index (κ1) is 21.2. The van der Waals surface area contributed by atoms with Crippen molar-refractivity contribution in [1.82, 2.24) is 9.55 Å². The van der Waals surface area contributed by atoms with Crippen LogP contribution in [0.1, 0.15) is 0 Å². The first-order valence-corrected chi connectivity index (χ1v) is 9.93. The highest BCUT2D eigenvalue weighted by Crippen LogP contribution is 2.36. The molecule has 3 N–H and O–H groups in total. The van der Waals surface area contributed by atoms with E-state index in [1.165, 1.54) is 0 Å². The van der Waals surface area contributed by atoms with Crippen LogP contribution in [0.4, 0.5) is 20.3 Å². The van der Waals surface area contributed by atoms with E-state index >= 15 is 0 Å². The molecule has 0 aliphatic carbocycles. The topological polar surface area (TPSA) is 112 Å². The highest BCUT2D eigenvalue weighted by atomic mass is 19.3. The molecule has 0 unspecified atom stereocenters. The fourth-order valence-corrected chi connectivity index (χ4v) is 3.48. The molecule has 2 aliphatic heterocycles. The van der Waals surface area contributed by atoms with E-state index in [0.29, 0.717) is 36.0 Å². The minimum Gasteiger partial charge on any atom is -0.491 e. The Morgan fingerprint density at radius 2 is 2.23 bits per heavy atom. The molecule has 0 spiro atoms. The standard InChI is InChI=1S/C20H23F2N5O4/c21-17(22)7-27(20(29)12-10-30-11-12)18-8-26-3-4-31-16-5-13(24-14(6-23)9-28)1-2-15(16)19(26)25-18/h1-2,5,8-9,12,14,17,24H,3-4,6-7,10-11,23H2/t14-/m0/s1. The zero-order chi connectivity index (χ0) is 22.0. The number of hydrogen-bond donors (Lipinski definition) is 2. The third kappa shape index (κ3) is 4.37. The van der Waals surface area contributed by atoms with Gasteiger partial charge in [-0.3, -0.25) is 9.69 Å². The van der Waals surface area contributed by atoms with Crippen LogP contribution in [0.15, 0.2) is 24.4 Å². The van der Waals surface area contributed by atoms with Gasteiger partial charge in [0, 0.05) is 24.5 Å². The molecule has 1 atom stereocenters. The van der Waals surface area contributed by atoms with E-state index in [1.54, 1.807) is 29.0 Å². The highest BCUT2D eigenvalue weighted by molar-refractivity contribution is 5.95. The number of alkyl halides is 2. The van der Waals surface area contributed by atoms with Crippen molar-refractivity contribution in [2.45, 2.75) is 19.0 Å². The minimum absolute atomic E-state index is 0.148. The monoisotopic (exact) mass is 435 g/mol. The number of hydrogen-bond acceptors (Lipinski definition) is 7. The zero-order valence-electron chi connectivity index (χ0n) is 16.7. The summed E-state index contributed by atoms with van der Waals surface area (Å²) in [5, 5.41) is 3.01. The van der Waals surface area contributed by atoms with Gasteiger partial charge in [0.25, 0.3) is 6.43 Å². The fourth-order valence-electron chi connectivity index (χ4n) is 3.48. The Labute approximate surface area is 177 Å². The number of benzene rings is 1. The van der Waals surface area contributed by atoms with Crippen molar-refractivity contribution in [3.8, 4) is 17.1 Å². The van der Waals surface area contributed by atoms with Gasteiger partial charge in [0.2, 0.25) is 5.91 Å². The number of amides is 1. The molecule has 0 saturated carbocycles. The molecule has 166 valence electrons. The van der Waals surface area contributed by atoms with Crippen molar-refractivity contribution in [1.29, 1.82) is 0 Å². The predicted octanol–water partition coefficient (Wildman–Crippen LogP) is 1.13. The summed E-state index contributed by atoms with van der Waals surface area (Å²) in [4.78, 5) is 29.3. The Hall–Kier alpha value is -3.05. The maximum atomic E-state index is 13.2. The molecule has 9 nitrogen and oxygen atoms in total. The molecule has 31 heavy (non-hydrogen) atoms. The molecule has 0 radical (unpaired) electrons. The molecule has 11 heteroatoms. The van der Waals surface area contributed by atoms with Gasteiger partial charge in [-0.05, 0) is 12.1 Å². The second-order valence-electron chi connectivity index (χ2n) is 7.37. The van der Waals surface area contributed by atoms with E-state index < -0.39 is 30.8 Å². The van der Waals surface area contributed by atoms with Crippen LogP contribution in [-0.2, 0) is 20.9 Å². The van der Waals surface area contributed by atoms with Crippen LogP contribution in [0, 0.1) is 5.92 Å². The molecular weight excluding hydrogens is 412 g/mol. The molecule has 0 bridgehead atoms. The van der Waals surface area contributed by atoms with Gasteiger partial charge in [0.15, 0.2) is 5.82 Å². The Bertz CT molecular complexity index is 963. The number of carbonyl (C=O) groups is 2. The van der Waals surface area contributed by atoms with Crippen molar-refractivity contribution in [2.24, 2.45) is 11.7 Å². The van der Waals surface area contributed by atoms with Gasteiger partial charge in [-0.25, -0.2) is 13.8 Å². The molecule has 2 aliphatic rings. The van der Waals surface area contributed by atoms with Crippen molar-refractivity contribution >= 4 is 23.7 Å². The number of nitrogens with two attached hydrogens (primary N) is 1. The normalized spacial score (nSPS) is 16.4. The van der Waals surface area contributed by atoms with Gasteiger partial charge in [0.1, 0.15) is 24.5 Å². The number of halogens is 2. The first-order valence-electron chi connectivity index (χ1n) is 9.93. The Balaban J connectivity index is 1.66. The van der Waals surface area contributed by atoms with Gasteiger partial charge < -0.3 is 29.9 Å². The second-order valence-corrected chi connectivity index (χ2v) is 7.37. The number of rotatable bonds is 8. The van der Waals surface area contributed by atoms with Crippen molar-refractivity contribution in [2.75, 3.05) is 43.1 Å². The van der Waals surface area contributed by atoms with Crippen molar-refractivity contribution in [3.05, 3.63) is 24.4 Å².